The van der Waals surface area contributed by atoms with Gasteiger partial charge in [0.25, 0.3) is 0 Å². The van der Waals surface area contributed by atoms with Crippen molar-refractivity contribution in [3.05, 3.63) is 24.0 Å². The zero-order chi connectivity index (χ0) is 13.9. The molecule has 1 aliphatic carbocycles. The normalized spacial score (nSPS) is 28.0. The van der Waals surface area contributed by atoms with Crippen molar-refractivity contribution in [2.24, 2.45) is 5.92 Å². The van der Waals surface area contributed by atoms with E-state index < -0.39 is 6.10 Å². The second-order valence-electron chi connectivity index (χ2n) is 6.31. The van der Waals surface area contributed by atoms with Crippen LogP contribution in [0.1, 0.15) is 63.7 Å². The highest BCUT2D eigenvalue weighted by Gasteiger charge is 2.33. The predicted molar refractivity (Wildman–Crippen MR) is 81.8 cm³/mol. The van der Waals surface area contributed by atoms with Crippen LogP contribution in [0.3, 0.4) is 0 Å². The van der Waals surface area contributed by atoms with Gasteiger partial charge in [0, 0.05) is 12.6 Å². The van der Waals surface area contributed by atoms with Gasteiger partial charge >= 0.3 is 0 Å². The van der Waals surface area contributed by atoms with Crippen molar-refractivity contribution in [3.8, 4) is 0 Å². The van der Waals surface area contributed by atoms with Crippen molar-refractivity contribution in [2.45, 2.75) is 64.0 Å². The summed E-state index contributed by atoms with van der Waals surface area (Å²) in [5, 5.41) is 9.84. The smallest absolute Gasteiger partial charge is 0.0957 e. The molecular formula is C17H26N2O. The third kappa shape index (κ3) is 2.69. The van der Waals surface area contributed by atoms with Gasteiger partial charge in [0.15, 0.2) is 0 Å². The maximum absolute atomic E-state index is 9.84. The molecule has 3 heteroatoms. The van der Waals surface area contributed by atoms with Gasteiger partial charge in [-0.2, -0.15) is 0 Å². The molecule has 1 aliphatic heterocycles. The molecule has 2 fully saturated rings. The van der Waals surface area contributed by atoms with Crippen molar-refractivity contribution < 1.29 is 5.11 Å². The minimum Gasteiger partial charge on any atom is -0.387 e. The van der Waals surface area contributed by atoms with Gasteiger partial charge in [0.1, 0.15) is 0 Å². The number of hydrogen-bond donors (Lipinski definition) is 1. The molecule has 3 atom stereocenters. The highest BCUT2D eigenvalue weighted by atomic mass is 16.3. The molecule has 0 spiro atoms. The Morgan fingerprint density at radius 1 is 1.25 bits per heavy atom. The second-order valence-corrected chi connectivity index (χ2v) is 6.31. The molecule has 1 saturated heterocycles. The Labute approximate surface area is 122 Å². The average molecular weight is 274 g/mol. The van der Waals surface area contributed by atoms with Crippen LogP contribution in [0.5, 0.6) is 0 Å². The fourth-order valence-electron chi connectivity index (χ4n) is 3.92. The molecule has 110 valence electrons. The molecule has 1 saturated carbocycles. The van der Waals surface area contributed by atoms with E-state index in [4.69, 9.17) is 0 Å². The number of aromatic nitrogens is 1. The van der Waals surface area contributed by atoms with Gasteiger partial charge < -0.3 is 10.0 Å². The van der Waals surface area contributed by atoms with Crippen molar-refractivity contribution >= 4 is 5.69 Å². The highest BCUT2D eigenvalue weighted by Crippen LogP contribution is 2.37. The van der Waals surface area contributed by atoms with Crippen molar-refractivity contribution in [1.29, 1.82) is 0 Å². The monoisotopic (exact) mass is 274 g/mol. The zero-order valence-corrected chi connectivity index (χ0v) is 12.5. The van der Waals surface area contributed by atoms with Gasteiger partial charge in [-0.25, -0.2) is 0 Å². The minimum atomic E-state index is -0.423. The van der Waals surface area contributed by atoms with Crippen LogP contribution in [-0.2, 0) is 0 Å². The van der Waals surface area contributed by atoms with E-state index in [1.165, 1.54) is 50.8 Å². The lowest BCUT2D eigenvalue weighted by Crippen LogP contribution is -2.46. The summed E-state index contributed by atoms with van der Waals surface area (Å²) in [6.45, 7) is 3.15. The Morgan fingerprint density at radius 2 is 2.05 bits per heavy atom. The van der Waals surface area contributed by atoms with Crippen LogP contribution in [0.15, 0.2) is 18.3 Å². The highest BCUT2D eigenvalue weighted by molar-refractivity contribution is 5.46. The molecule has 2 aliphatic rings. The summed E-state index contributed by atoms with van der Waals surface area (Å²) >= 11 is 0. The molecule has 0 amide bonds. The SMILES string of the molecule is CCC(O)c1ccc(N2CCCC3CCCCC32)cn1. The molecule has 1 aromatic rings. The first-order valence-corrected chi connectivity index (χ1v) is 8.20. The lowest BCUT2D eigenvalue weighted by Gasteiger charge is -2.45. The lowest BCUT2D eigenvalue weighted by molar-refractivity contribution is 0.169. The summed E-state index contributed by atoms with van der Waals surface area (Å²) in [6, 6.07) is 4.87. The Hall–Kier alpha value is -1.09. The number of pyridine rings is 1. The van der Waals surface area contributed by atoms with E-state index in [0.717, 1.165) is 24.1 Å². The van der Waals surface area contributed by atoms with Crippen LogP contribution >= 0.6 is 0 Å². The first-order chi connectivity index (χ1) is 9.79. The maximum atomic E-state index is 9.84. The lowest BCUT2D eigenvalue weighted by atomic mass is 9.78. The summed E-state index contributed by atoms with van der Waals surface area (Å²) in [4.78, 5) is 7.04. The molecular weight excluding hydrogens is 248 g/mol. The van der Waals surface area contributed by atoms with Gasteiger partial charge in [0.05, 0.1) is 23.7 Å². The molecule has 0 aromatic carbocycles. The van der Waals surface area contributed by atoms with Crippen LogP contribution in [0.25, 0.3) is 0 Å². The summed E-state index contributed by atoms with van der Waals surface area (Å²) < 4.78 is 0. The van der Waals surface area contributed by atoms with Crippen LogP contribution in [-0.4, -0.2) is 22.7 Å². The maximum Gasteiger partial charge on any atom is 0.0957 e. The summed E-state index contributed by atoms with van der Waals surface area (Å²) in [6.07, 6.45) is 10.5. The number of fused-ring (bicyclic) bond motifs is 1. The van der Waals surface area contributed by atoms with E-state index in [-0.39, 0.29) is 0 Å². The number of anilines is 1. The third-order valence-electron chi connectivity index (χ3n) is 5.07. The average Bonchev–Trinajstić information content (AvgIpc) is 2.54. The second kappa shape index (κ2) is 6.13. The van der Waals surface area contributed by atoms with Gasteiger partial charge in [-0.1, -0.05) is 19.8 Å². The van der Waals surface area contributed by atoms with Crippen LogP contribution in [0, 0.1) is 5.92 Å². The van der Waals surface area contributed by atoms with E-state index in [1.807, 2.05) is 19.2 Å². The number of aliphatic hydroxyl groups is 1. The Balaban J connectivity index is 1.77. The third-order valence-corrected chi connectivity index (χ3v) is 5.07. The number of piperidine rings is 1. The summed E-state index contributed by atoms with van der Waals surface area (Å²) in [7, 11) is 0. The number of hydrogen-bond acceptors (Lipinski definition) is 3. The largest absolute Gasteiger partial charge is 0.387 e. The number of rotatable bonds is 3. The molecule has 20 heavy (non-hydrogen) atoms. The molecule has 3 rings (SSSR count). The van der Waals surface area contributed by atoms with Crippen LogP contribution in [0.2, 0.25) is 0 Å². The van der Waals surface area contributed by atoms with Gasteiger partial charge in [-0.05, 0) is 50.2 Å². The molecule has 0 bridgehead atoms. The Kier molecular flexibility index (Phi) is 4.25. The molecule has 0 radical (unpaired) electrons. The standard InChI is InChI=1S/C17H26N2O/c1-2-17(20)15-10-9-14(12-18-15)19-11-5-7-13-6-3-4-8-16(13)19/h9-10,12-13,16-17,20H,2-8,11H2,1H3. The van der Waals surface area contributed by atoms with Crippen molar-refractivity contribution in [1.82, 2.24) is 4.98 Å². The quantitative estimate of drug-likeness (QED) is 0.913. The van der Waals surface area contributed by atoms with E-state index in [2.05, 4.69) is 16.0 Å². The number of nitrogens with zero attached hydrogens (tertiary/aromatic N) is 2. The van der Waals surface area contributed by atoms with Crippen LogP contribution in [0.4, 0.5) is 5.69 Å². The Bertz CT molecular complexity index is 429. The van der Waals surface area contributed by atoms with E-state index in [1.54, 1.807) is 0 Å². The van der Waals surface area contributed by atoms with Gasteiger partial charge in [0.2, 0.25) is 0 Å². The number of aliphatic hydroxyl groups excluding tert-OH is 1. The Morgan fingerprint density at radius 3 is 2.80 bits per heavy atom. The zero-order valence-electron chi connectivity index (χ0n) is 12.5. The molecule has 1 N–H and O–H groups in total. The molecule has 2 heterocycles. The first kappa shape index (κ1) is 13.9. The predicted octanol–water partition coefficient (Wildman–Crippen LogP) is 3.68. The van der Waals surface area contributed by atoms with E-state index in [0.29, 0.717) is 0 Å². The van der Waals surface area contributed by atoms with E-state index in [9.17, 15) is 5.11 Å². The van der Waals surface area contributed by atoms with Gasteiger partial charge in [-0.15, -0.1) is 0 Å². The fourth-order valence-corrected chi connectivity index (χ4v) is 3.92. The topological polar surface area (TPSA) is 36.4 Å². The summed E-state index contributed by atoms with van der Waals surface area (Å²) in [5.41, 5.74) is 2.04. The van der Waals surface area contributed by atoms with E-state index >= 15 is 0 Å². The minimum absolute atomic E-state index is 0.423. The fraction of sp³-hybridized carbons (Fsp3) is 0.706. The van der Waals surface area contributed by atoms with Crippen molar-refractivity contribution in [3.63, 3.8) is 0 Å². The van der Waals surface area contributed by atoms with Crippen LogP contribution < -0.4 is 4.90 Å². The van der Waals surface area contributed by atoms with Gasteiger partial charge in [-0.3, -0.25) is 4.98 Å². The summed E-state index contributed by atoms with van der Waals surface area (Å²) in [5.74, 6) is 0.887. The molecule has 1 aromatic heterocycles. The van der Waals surface area contributed by atoms with Crippen molar-refractivity contribution in [2.75, 3.05) is 11.4 Å². The molecule has 3 nitrogen and oxygen atoms in total. The first-order valence-electron chi connectivity index (χ1n) is 8.20. The molecule has 3 unspecified atom stereocenters.